The Kier molecular flexibility index (Phi) is 41.5. The fourth-order valence-electron chi connectivity index (χ4n) is 6.56. The third-order valence-electron chi connectivity index (χ3n) is 9.84. The topological polar surface area (TPSA) is 55.8 Å². The fourth-order valence-corrected chi connectivity index (χ4v) is 6.56. The van der Waals surface area contributed by atoms with E-state index in [2.05, 4.69) is 26.0 Å². The van der Waals surface area contributed by atoms with Crippen LogP contribution in [-0.2, 0) is 14.3 Å². The number of carbonyl (C=O) groups excluding carboxylic acids is 1. The molecular formula is C44H86O4. The summed E-state index contributed by atoms with van der Waals surface area (Å²) in [5, 5.41) is 9.60. The van der Waals surface area contributed by atoms with Crippen molar-refractivity contribution in [3.63, 3.8) is 0 Å². The van der Waals surface area contributed by atoms with Gasteiger partial charge in [0.15, 0.2) is 0 Å². The summed E-state index contributed by atoms with van der Waals surface area (Å²) in [7, 11) is 0. The molecule has 0 amide bonds. The van der Waals surface area contributed by atoms with Crippen LogP contribution in [0.25, 0.3) is 0 Å². The standard InChI is InChI=1S/C44H86O4/c1-3-5-7-9-11-13-15-17-19-21-23-25-27-29-31-33-35-37-39-44(46)48-43(41-45)42-47-40-38-36-34-32-30-28-26-24-22-20-18-16-14-12-10-8-6-4-2/h19,21,43,45H,3-18,20,22-42H2,1-2H3/b21-19-. The van der Waals surface area contributed by atoms with E-state index < -0.39 is 6.10 Å². The van der Waals surface area contributed by atoms with Crippen molar-refractivity contribution >= 4 is 5.97 Å². The second kappa shape index (κ2) is 42.3. The summed E-state index contributed by atoms with van der Waals surface area (Å²) < 4.78 is 11.2. The lowest BCUT2D eigenvalue weighted by atomic mass is 10.0. The highest BCUT2D eigenvalue weighted by molar-refractivity contribution is 5.69. The maximum Gasteiger partial charge on any atom is 0.306 e. The zero-order chi connectivity index (χ0) is 34.9. The maximum absolute atomic E-state index is 12.2. The van der Waals surface area contributed by atoms with Gasteiger partial charge in [-0.05, 0) is 38.5 Å². The molecule has 1 unspecified atom stereocenters. The molecule has 0 rings (SSSR count). The first-order valence-electron chi connectivity index (χ1n) is 21.8. The zero-order valence-corrected chi connectivity index (χ0v) is 32.8. The second-order valence-corrected chi connectivity index (χ2v) is 14.8. The monoisotopic (exact) mass is 679 g/mol. The van der Waals surface area contributed by atoms with Crippen molar-refractivity contribution < 1.29 is 19.4 Å². The van der Waals surface area contributed by atoms with Gasteiger partial charge in [0.05, 0.1) is 13.2 Å². The summed E-state index contributed by atoms with van der Waals surface area (Å²) in [5.74, 6) is -0.200. The van der Waals surface area contributed by atoms with Crippen molar-refractivity contribution in [3.05, 3.63) is 12.2 Å². The van der Waals surface area contributed by atoms with Crippen LogP contribution in [-0.4, -0.2) is 37.0 Å². The largest absolute Gasteiger partial charge is 0.457 e. The fraction of sp³-hybridized carbons (Fsp3) is 0.932. The molecule has 286 valence electrons. The number of unbranched alkanes of at least 4 members (excludes halogenated alkanes) is 31. The second-order valence-electron chi connectivity index (χ2n) is 14.8. The molecule has 0 radical (unpaired) electrons. The lowest BCUT2D eigenvalue weighted by Crippen LogP contribution is -2.27. The third kappa shape index (κ3) is 39.6. The molecule has 0 heterocycles. The Morgan fingerprint density at radius 2 is 0.812 bits per heavy atom. The number of hydrogen-bond acceptors (Lipinski definition) is 4. The molecule has 0 saturated heterocycles. The van der Waals surface area contributed by atoms with Crippen molar-refractivity contribution in [3.8, 4) is 0 Å². The van der Waals surface area contributed by atoms with Crippen LogP contribution in [0.5, 0.6) is 0 Å². The Hall–Kier alpha value is -0.870. The summed E-state index contributed by atoms with van der Waals surface area (Å²) in [5.41, 5.74) is 0. The van der Waals surface area contributed by atoms with Crippen LogP contribution in [0.15, 0.2) is 12.2 Å². The number of rotatable bonds is 41. The van der Waals surface area contributed by atoms with E-state index >= 15 is 0 Å². The van der Waals surface area contributed by atoms with Crippen LogP contribution >= 0.6 is 0 Å². The van der Waals surface area contributed by atoms with Crippen LogP contribution in [0.2, 0.25) is 0 Å². The highest BCUT2D eigenvalue weighted by Crippen LogP contribution is 2.15. The number of aliphatic hydroxyl groups excluding tert-OH is 1. The Bertz CT molecular complexity index is 633. The molecule has 0 aromatic rings. The van der Waals surface area contributed by atoms with Crippen LogP contribution in [0.1, 0.15) is 239 Å². The molecular weight excluding hydrogens is 592 g/mol. The third-order valence-corrected chi connectivity index (χ3v) is 9.84. The molecule has 0 aliphatic heterocycles. The van der Waals surface area contributed by atoms with Crippen molar-refractivity contribution in [2.45, 2.75) is 245 Å². The van der Waals surface area contributed by atoms with Crippen molar-refractivity contribution in [1.82, 2.24) is 0 Å². The summed E-state index contributed by atoms with van der Waals surface area (Å²) in [6.45, 7) is 5.38. The van der Waals surface area contributed by atoms with Gasteiger partial charge in [-0.3, -0.25) is 4.79 Å². The number of carbonyl (C=O) groups is 1. The van der Waals surface area contributed by atoms with Gasteiger partial charge in [0, 0.05) is 13.0 Å². The Morgan fingerprint density at radius 1 is 0.479 bits per heavy atom. The van der Waals surface area contributed by atoms with Gasteiger partial charge >= 0.3 is 5.97 Å². The smallest absolute Gasteiger partial charge is 0.306 e. The van der Waals surface area contributed by atoms with Crippen molar-refractivity contribution in [1.29, 1.82) is 0 Å². The van der Waals surface area contributed by atoms with E-state index in [4.69, 9.17) is 9.47 Å². The van der Waals surface area contributed by atoms with Gasteiger partial charge < -0.3 is 14.6 Å². The quantitative estimate of drug-likeness (QED) is 0.0397. The lowest BCUT2D eigenvalue weighted by molar-refractivity contribution is -0.154. The minimum absolute atomic E-state index is 0.167. The molecule has 0 saturated carbocycles. The van der Waals surface area contributed by atoms with Gasteiger partial charge in [-0.15, -0.1) is 0 Å². The summed E-state index contributed by atoms with van der Waals surface area (Å²) in [6.07, 6.45) is 49.8. The zero-order valence-electron chi connectivity index (χ0n) is 32.8. The predicted octanol–water partition coefficient (Wildman–Crippen LogP) is 14.2. The van der Waals surface area contributed by atoms with Gasteiger partial charge in [-0.2, -0.15) is 0 Å². The summed E-state index contributed by atoms with van der Waals surface area (Å²) in [4.78, 5) is 12.2. The molecule has 0 aromatic heterocycles. The highest BCUT2D eigenvalue weighted by atomic mass is 16.6. The van der Waals surface area contributed by atoms with Crippen LogP contribution in [0.3, 0.4) is 0 Å². The number of ether oxygens (including phenoxy) is 2. The molecule has 0 aromatic carbocycles. The minimum atomic E-state index is -0.530. The molecule has 0 aliphatic rings. The van der Waals surface area contributed by atoms with Gasteiger partial charge in [-0.1, -0.05) is 206 Å². The van der Waals surface area contributed by atoms with E-state index in [0.29, 0.717) is 19.6 Å². The van der Waals surface area contributed by atoms with E-state index in [9.17, 15) is 9.90 Å². The van der Waals surface area contributed by atoms with Gasteiger partial charge in [0.1, 0.15) is 6.10 Å². The summed E-state index contributed by atoms with van der Waals surface area (Å²) in [6, 6.07) is 0. The van der Waals surface area contributed by atoms with E-state index in [1.54, 1.807) is 0 Å². The van der Waals surface area contributed by atoms with Crippen molar-refractivity contribution in [2.75, 3.05) is 19.8 Å². The van der Waals surface area contributed by atoms with Gasteiger partial charge in [0.2, 0.25) is 0 Å². The lowest BCUT2D eigenvalue weighted by Gasteiger charge is -2.16. The first-order chi connectivity index (χ1) is 23.7. The van der Waals surface area contributed by atoms with Gasteiger partial charge in [-0.25, -0.2) is 0 Å². The van der Waals surface area contributed by atoms with Gasteiger partial charge in [0.25, 0.3) is 0 Å². The van der Waals surface area contributed by atoms with E-state index in [1.807, 2.05) is 0 Å². The molecule has 48 heavy (non-hydrogen) atoms. The SMILES string of the molecule is CCCCCCCCC/C=C\CCCCCCCCCC(=O)OC(CO)COCCCCCCCCCCCCCCCCCCCC. The van der Waals surface area contributed by atoms with E-state index in [-0.39, 0.29) is 12.6 Å². The normalized spacial score (nSPS) is 12.3. The number of allylic oxidation sites excluding steroid dienone is 2. The maximum atomic E-state index is 12.2. The van der Waals surface area contributed by atoms with Crippen LogP contribution in [0.4, 0.5) is 0 Å². The Balaban J connectivity index is 3.38. The average molecular weight is 679 g/mol. The minimum Gasteiger partial charge on any atom is -0.457 e. The molecule has 0 fully saturated rings. The molecule has 4 nitrogen and oxygen atoms in total. The Labute approximate surface area is 301 Å². The van der Waals surface area contributed by atoms with E-state index in [0.717, 1.165) is 19.3 Å². The van der Waals surface area contributed by atoms with E-state index in [1.165, 1.54) is 199 Å². The number of esters is 1. The molecule has 1 atom stereocenters. The molecule has 0 spiro atoms. The Morgan fingerprint density at radius 3 is 1.19 bits per heavy atom. The average Bonchev–Trinajstić information content (AvgIpc) is 3.09. The number of aliphatic hydroxyl groups is 1. The highest BCUT2D eigenvalue weighted by Gasteiger charge is 2.13. The molecule has 0 bridgehead atoms. The molecule has 1 N–H and O–H groups in total. The molecule has 4 heteroatoms. The molecule has 0 aliphatic carbocycles. The van der Waals surface area contributed by atoms with Crippen LogP contribution < -0.4 is 0 Å². The predicted molar refractivity (Wildman–Crippen MR) is 210 cm³/mol. The summed E-state index contributed by atoms with van der Waals surface area (Å²) >= 11 is 0. The van der Waals surface area contributed by atoms with Crippen molar-refractivity contribution in [2.24, 2.45) is 0 Å². The first-order valence-corrected chi connectivity index (χ1v) is 21.8. The van der Waals surface area contributed by atoms with Crippen LogP contribution in [0, 0.1) is 0 Å². The number of hydrogen-bond donors (Lipinski definition) is 1. The first kappa shape index (κ1) is 47.1.